The van der Waals surface area contributed by atoms with Gasteiger partial charge in [-0.2, -0.15) is 5.10 Å². The molecule has 0 aliphatic carbocycles. The first-order valence-electron chi connectivity index (χ1n) is 13.8. The van der Waals surface area contributed by atoms with Crippen molar-refractivity contribution in [2.24, 2.45) is 5.73 Å². The number of nitrogen functional groups attached to an aromatic ring is 1. The zero-order chi connectivity index (χ0) is 28.8. The van der Waals surface area contributed by atoms with Crippen LogP contribution in [0.3, 0.4) is 0 Å². The highest BCUT2D eigenvalue weighted by Crippen LogP contribution is 2.38. The van der Waals surface area contributed by atoms with Crippen molar-refractivity contribution >= 4 is 33.7 Å². The van der Waals surface area contributed by atoms with Gasteiger partial charge in [0.15, 0.2) is 5.65 Å². The fourth-order valence-corrected chi connectivity index (χ4v) is 6.02. The molecule has 1 aliphatic heterocycles. The number of nitrogens with two attached hydrogens (primary N) is 2. The minimum atomic E-state index is -0.525. The van der Waals surface area contributed by atoms with Crippen LogP contribution in [0.5, 0.6) is 5.75 Å². The summed E-state index contributed by atoms with van der Waals surface area (Å²) >= 11 is 0. The lowest BCUT2D eigenvalue weighted by Crippen LogP contribution is -2.34. The number of para-hydroxylation sites is 1. The number of hydrogen-bond acceptors (Lipinski definition) is 8. The molecule has 1 fully saturated rings. The minimum absolute atomic E-state index is 0.168. The number of carbonyl (C=O) groups is 1. The number of nitrogens with zero attached hydrogens (tertiary/aromatic N) is 6. The minimum Gasteiger partial charge on any atom is -0.495 e. The number of carbonyl (C=O) groups excluding carboxylic acids is 1. The van der Waals surface area contributed by atoms with Gasteiger partial charge in [0, 0.05) is 36.1 Å². The average molecular weight is 563 g/mol. The second-order valence-corrected chi connectivity index (χ2v) is 10.6. The molecule has 1 saturated heterocycles. The molecular formula is C31H30N8O3. The number of rotatable bonds is 7. The van der Waals surface area contributed by atoms with E-state index in [-0.39, 0.29) is 6.04 Å². The summed E-state index contributed by atoms with van der Waals surface area (Å²) in [5.41, 5.74) is 17.5. The van der Waals surface area contributed by atoms with E-state index in [1.165, 1.54) is 11.9 Å². The molecule has 1 amide bonds. The largest absolute Gasteiger partial charge is 0.495 e. The summed E-state index contributed by atoms with van der Waals surface area (Å²) < 4.78 is 14.9. The Balaban J connectivity index is 1.27. The predicted octanol–water partition coefficient (Wildman–Crippen LogP) is 4.56. The van der Waals surface area contributed by atoms with E-state index in [4.69, 9.17) is 25.7 Å². The van der Waals surface area contributed by atoms with Crippen LogP contribution in [0, 0.1) is 0 Å². The zero-order valence-corrected chi connectivity index (χ0v) is 23.1. The molecule has 7 rings (SSSR count). The van der Waals surface area contributed by atoms with E-state index in [0.717, 1.165) is 48.9 Å². The first-order chi connectivity index (χ1) is 20.5. The monoisotopic (exact) mass is 562 g/mol. The van der Waals surface area contributed by atoms with Crippen LogP contribution in [0.4, 0.5) is 5.82 Å². The summed E-state index contributed by atoms with van der Waals surface area (Å²) in [6, 6.07) is 17.5. The maximum atomic E-state index is 12.4. The van der Waals surface area contributed by atoms with Crippen LogP contribution in [0.1, 0.15) is 34.9 Å². The van der Waals surface area contributed by atoms with Crippen LogP contribution >= 0.6 is 0 Å². The standard InChI is InChI=1S/C31H30N8O3/c1-41-26-15-21(6-7-24(26)38-23-5-3-2-4-20(23)14-25(38)30(33)40)28-27-29(32)34-18-35-31(27)39(36-28)22-8-11-37(12-9-22)16-19-10-13-42-17-19/h2-7,10,13-15,17-18,22H,8-9,11-12,16H2,1H3,(H2,33,40)(H2,32,34,35). The molecule has 4 aromatic heterocycles. The van der Waals surface area contributed by atoms with Gasteiger partial charge in [0.2, 0.25) is 0 Å². The molecule has 2 aromatic carbocycles. The summed E-state index contributed by atoms with van der Waals surface area (Å²) in [5.74, 6) is 0.402. The normalized spacial score (nSPS) is 14.6. The molecule has 0 atom stereocenters. The second-order valence-electron chi connectivity index (χ2n) is 10.6. The van der Waals surface area contributed by atoms with Crippen LogP contribution in [0.25, 0.3) is 38.9 Å². The lowest BCUT2D eigenvalue weighted by Gasteiger charge is -2.31. The Kier molecular flexibility index (Phi) is 6.35. The van der Waals surface area contributed by atoms with E-state index < -0.39 is 5.91 Å². The van der Waals surface area contributed by atoms with Crippen molar-refractivity contribution in [2.45, 2.75) is 25.4 Å². The van der Waals surface area contributed by atoms with Gasteiger partial charge in [-0.1, -0.05) is 24.3 Å². The van der Waals surface area contributed by atoms with Crippen LogP contribution in [0.2, 0.25) is 0 Å². The smallest absolute Gasteiger partial charge is 0.265 e. The van der Waals surface area contributed by atoms with E-state index in [1.54, 1.807) is 25.7 Å². The maximum Gasteiger partial charge on any atom is 0.265 e. The molecule has 11 nitrogen and oxygen atoms in total. The zero-order valence-electron chi connectivity index (χ0n) is 23.1. The highest BCUT2D eigenvalue weighted by atomic mass is 16.5. The fourth-order valence-electron chi connectivity index (χ4n) is 6.02. The van der Waals surface area contributed by atoms with Crippen molar-refractivity contribution in [3.05, 3.63) is 84.7 Å². The van der Waals surface area contributed by atoms with Gasteiger partial charge in [-0.15, -0.1) is 0 Å². The van der Waals surface area contributed by atoms with Crippen LogP contribution in [-0.2, 0) is 6.54 Å². The number of ether oxygens (including phenoxy) is 1. The Labute approximate surface area is 241 Å². The fraction of sp³-hybridized carbons (Fsp3) is 0.226. The average Bonchev–Trinajstić information content (AvgIpc) is 3.75. The van der Waals surface area contributed by atoms with Crippen LogP contribution in [-0.4, -0.2) is 55.3 Å². The predicted molar refractivity (Wildman–Crippen MR) is 159 cm³/mol. The van der Waals surface area contributed by atoms with Crippen molar-refractivity contribution in [1.82, 2.24) is 29.2 Å². The second kappa shape index (κ2) is 10.3. The molecule has 11 heteroatoms. The molecule has 6 aromatic rings. The van der Waals surface area contributed by atoms with Crippen molar-refractivity contribution in [2.75, 3.05) is 25.9 Å². The number of methoxy groups -OCH3 is 1. The number of amides is 1. The summed E-state index contributed by atoms with van der Waals surface area (Å²) in [6.45, 7) is 2.73. The molecule has 212 valence electrons. The number of aromatic nitrogens is 5. The summed E-state index contributed by atoms with van der Waals surface area (Å²) in [4.78, 5) is 23.7. The quantitative estimate of drug-likeness (QED) is 0.288. The Morgan fingerprint density at radius 2 is 1.93 bits per heavy atom. The molecule has 0 spiro atoms. The van der Waals surface area contributed by atoms with Crippen molar-refractivity contribution in [3.63, 3.8) is 0 Å². The number of likely N-dealkylation sites (tertiary alicyclic amines) is 1. The molecule has 0 unspecified atom stereocenters. The van der Waals surface area contributed by atoms with Gasteiger partial charge in [-0.3, -0.25) is 9.69 Å². The maximum absolute atomic E-state index is 12.4. The number of hydrogen-bond donors (Lipinski definition) is 2. The third kappa shape index (κ3) is 4.34. The topological polar surface area (TPSA) is 143 Å². The molecule has 0 saturated carbocycles. The summed E-state index contributed by atoms with van der Waals surface area (Å²) in [7, 11) is 1.60. The van der Waals surface area contributed by atoms with E-state index in [2.05, 4.69) is 14.9 Å². The molecule has 42 heavy (non-hydrogen) atoms. The summed E-state index contributed by atoms with van der Waals surface area (Å²) in [5, 5.41) is 6.68. The van der Waals surface area contributed by atoms with Gasteiger partial charge in [0.1, 0.15) is 29.3 Å². The molecular weight excluding hydrogens is 532 g/mol. The number of fused-ring (bicyclic) bond motifs is 2. The third-order valence-electron chi connectivity index (χ3n) is 8.06. The van der Waals surface area contributed by atoms with Gasteiger partial charge in [0.25, 0.3) is 5.91 Å². The molecule has 0 radical (unpaired) electrons. The number of piperidine rings is 1. The van der Waals surface area contributed by atoms with Crippen molar-refractivity contribution < 1.29 is 13.9 Å². The third-order valence-corrected chi connectivity index (χ3v) is 8.06. The lowest BCUT2D eigenvalue weighted by molar-refractivity contribution is 0.0994. The highest BCUT2D eigenvalue weighted by molar-refractivity contribution is 6.00. The molecule has 1 aliphatic rings. The number of anilines is 1. The molecule has 5 heterocycles. The Morgan fingerprint density at radius 3 is 2.69 bits per heavy atom. The van der Waals surface area contributed by atoms with E-state index in [1.807, 2.05) is 57.8 Å². The Bertz CT molecular complexity index is 1920. The Hall–Kier alpha value is -5.16. The molecule has 0 bridgehead atoms. The first-order valence-corrected chi connectivity index (χ1v) is 13.8. The van der Waals surface area contributed by atoms with Crippen LogP contribution in [0.15, 0.2) is 77.9 Å². The van der Waals surface area contributed by atoms with Gasteiger partial charge in [-0.25, -0.2) is 14.6 Å². The van der Waals surface area contributed by atoms with Gasteiger partial charge >= 0.3 is 0 Å². The van der Waals surface area contributed by atoms with Gasteiger partial charge in [0.05, 0.1) is 42.3 Å². The first kappa shape index (κ1) is 25.8. The Morgan fingerprint density at radius 1 is 1.10 bits per heavy atom. The number of benzene rings is 2. The SMILES string of the molecule is COc1cc(-c2nn(C3CCN(Cc4ccoc4)CC3)c3ncnc(N)c23)ccc1-n1c(C(N)=O)cc2ccccc21. The van der Waals surface area contributed by atoms with Crippen LogP contribution < -0.4 is 16.2 Å². The van der Waals surface area contributed by atoms with Gasteiger partial charge < -0.3 is 25.2 Å². The van der Waals surface area contributed by atoms with Crippen molar-refractivity contribution in [3.8, 4) is 22.7 Å². The van der Waals surface area contributed by atoms with Crippen molar-refractivity contribution in [1.29, 1.82) is 0 Å². The van der Waals surface area contributed by atoms with E-state index in [9.17, 15) is 4.79 Å². The highest BCUT2D eigenvalue weighted by Gasteiger charge is 2.27. The van der Waals surface area contributed by atoms with E-state index >= 15 is 0 Å². The van der Waals surface area contributed by atoms with E-state index in [0.29, 0.717) is 39.7 Å². The molecule has 4 N–H and O–H groups in total. The van der Waals surface area contributed by atoms with Gasteiger partial charge in [-0.05, 0) is 43.2 Å². The number of primary amides is 1. The lowest BCUT2D eigenvalue weighted by atomic mass is 10.0. The summed E-state index contributed by atoms with van der Waals surface area (Å²) in [6.07, 6.45) is 6.85. The number of furan rings is 1.